The van der Waals surface area contributed by atoms with Crippen molar-refractivity contribution in [3.63, 3.8) is 0 Å². The summed E-state index contributed by atoms with van der Waals surface area (Å²) in [5.74, 6) is -0.361. The fourth-order valence-corrected chi connectivity index (χ4v) is 1.60. The largest absolute Gasteiger partial charge is 0.481 e. The summed E-state index contributed by atoms with van der Waals surface area (Å²) in [4.78, 5) is 11.6. The molecule has 1 N–H and O–H groups in total. The van der Waals surface area contributed by atoms with Gasteiger partial charge in [-0.2, -0.15) is 0 Å². The molecule has 0 fully saturated rings. The average molecular weight is 228 g/mol. The van der Waals surface area contributed by atoms with Crippen LogP contribution in [0.25, 0.3) is 0 Å². The lowest BCUT2D eigenvalue weighted by Gasteiger charge is -2.32. The van der Waals surface area contributed by atoms with Gasteiger partial charge in [-0.3, -0.25) is 0 Å². The Kier molecular flexibility index (Phi) is 4.35. The van der Waals surface area contributed by atoms with Gasteiger partial charge >= 0.3 is 5.97 Å². The van der Waals surface area contributed by atoms with Crippen LogP contribution in [0.1, 0.15) is 40.0 Å². The van der Waals surface area contributed by atoms with Crippen molar-refractivity contribution in [1.29, 1.82) is 0 Å². The van der Waals surface area contributed by atoms with Crippen molar-refractivity contribution in [1.82, 2.24) is 0 Å². The maximum atomic E-state index is 11.6. The van der Waals surface area contributed by atoms with Gasteiger partial charge in [0.25, 0.3) is 0 Å². The van der Waals surface area contributed by atoms with E-state index in [-0.39, 0.29) is 5.76 Å². The van der Waals surface area contributed by atoms with Crippen molar-refractivity contribution >= 4 is 5.97 Å². The number of carbonyl (C=O) groups excluding carboxylic acids is 1. The molecule has 92 valence electrons. The minimum atomic E-state index is -0.641. The maximum absolute atomic E-state index is 11.6. The fraction of sp³-hybridized carbons (Fsp3) is 0.750. The third-order valence-corrected chi connectivity index (χ3v) is 2.36. The number of rotatable bonds is 4. The number of aliphatic hydroxyl groups is 1. The Hall–Kier alpha value is -1.03. The number of unbranched alkanes of at least 4 members (excludes halogenated alkanes) is 1. The molecule has 0 radical (unpaired) electrons. The molecule has 1 atom stereocenters. The molecule has 0 aromatic carbocycles. The van der Waals surface area contributed by atoms with Gasteiger partial charge < -0.3 is 14.6 Å². The quantitative estimate of drug-likeness (QED) is 0.588. The van der Waals surface area contributed by atoms with Gasteiger partial charge in [0.2, 0.25) is 5.76 Å². The first kappa shape index (κ1) is 13.0. The monoisotopic (exact) mass is 228 g/mol. The Morgan fingerprint density at radius 1 is 1.69 bits per heavy atom. The van der Waals surface area contributed by atoms with Gasteiger partial charge in [0.1, 0.15) is 5.60 Å². The minimum Gasteiger partial charge on any atom is -0.481 e. The SMILES string of the molecule is CCCCOC(=O)C1=CC(O)CC(C)(C)O1. The fourth-order valence-electron chi connectivity index (χ4n) is 1.60. The summed E-state index contributed by atoms with van der Waals surface area (Å²) in [6.45, 7) is 6.09. The van der Waals surface area contributed by atoms with Gasteiger partial charge in [-0.05, 0) is 26.3 Å². The lowest BCUT2D eigenvalue weighted by Crippen LogP contribution is -2.35. The number of aliphatic hydroxyl groups excluding tert-OH is 1. The molecule has 0 aromatic rings. The Morgan fingerprint density at radius 3 is 2.94 bits per heavy atom. The summed E-state index contributed by atoms with van der Waals surface area (Å²) in [7, 11) is 0. The standard InChI is InChI=1S/C12H20O4/c1-4-5-6-15-11(14)10-7-9(13)8-12(2,3)16-10/h7,9,13H,4-6,8H2,1-3H3. The highest BCUT2D eigenvalue weighted by molar-refractivity contribution is 5.86. The van der Waals surface area contributed by atoms with Crippen molar-refractivity contribution in [2.24, 2.45) is 0 Å². The van der Waals surface area contributed by atoms with Crippen LogP contribution in [0, 0.1) is 0 Å². The summed E-state index contributed by atoms with van der Waals surface area (Å²) < 4.78 is 10.5. The molecule has 1 aliphatic rings. The van der Waals surface area contributed by atoms with Gasteiger partial charge in [-0.1, -0.05) is 13.3 Å². The average Bonchev–Trinajstić information content (AvgIpc) is 2.14. The number of hydrogen-bond acceptors (Lipinski definition) is 4. The Labute approximate surface area is 96.2 Å². The molecule has 16 heavy (non-hydrogen) atoms. The van der Waals surface area contributed by atoms with Crippen LogP contribution in [-0.4, -0.2) is 29.4 Å². The minimum absolute atomic E-state index is 0.125. The summed E-state index contributed by atoms with van der Waals surface area (Å²) in [5.41, 5.74) is -0.521. The van der Waals surface area contributed by atoms with E-state index in [4.69, 9.17) is 9.47 Å². The van der Waals surface area contributed by atoms with E-state index in [2.05, 4.69) is 0 Å². The molecule has 4 heteroatoms. The van der Waals surface area contributed by atoms with E-state index < -0.39 is 17.7 Å². The van der Waals surface area contributed by atoms with Crippen molar-refractivity contribution in [2.75, 3.05) is 6.61 Å². The normalized spacial score (nSPS) is 23.2. The highest BCUT2D eigenvalue weighted by Crippen LogP contribution is 2.27. The zero-order chi connectivity index (χ0) is 12.2. The van der Waals surface area contributed by atoms with E-state index in [0.29, 0.717) is 13.0 Å². The molecule has 1 aliphatic heterocycles. The number of hydrogen-bond donors (Lipinski definition) is 1. The van der Waals surface area contributed by atoms with Crippen LogP contribution in [0.5, 0.6) is 0 Å². The lowest BCUT2D eigenvalue weighted by molar-refractivity contribution is -0.148. The van der Waals surface area contributed by atoms with Gasteiger partial charge in [0.05, 0.1) is 12.7 Å². The van der Waals surface area contributed by atoms with Crippen LogP contribution >= 0.6 is 0 Å². The van der Waals surface area contributed by atoms with Crippen LogP contribution in [0.4, 0.5) is 0 Å². The number of ether oxygens (including phenoxy) is 2. The van der Waals surface area contributed by atoms with Crippen LogP contribution in [0.15, 0.2) is 11.8 Å². The third kappa shape index (κ3) is 3.85. The summed E-state index contributed by atoms with van der Waals surface area (Å²) >= 11 is 0. The highest BCUT2D eigenvalue weighted by atomic mass is 16.6. The predicted octanol–water partition coefficient (Wildman–Crippen LogP) is 1.77. The van der Waals surface area contributed by atoms with Crippen LogP contribution in [0.2, 0.25) is 0 Å². The zero-order valence-corrected chi connectivity index (χ0v) is 10.2. The van der Waals surface area contributed by atoms with E-state index in [1.807, 2.05) is 20.8 Å². The molecule has 0 aromatic heterocycles. The second kappa shape index (κ2) is 5.34. The molecule has 0 saturated carbocycles. The predicted molar refractivity (Wildman–Crippen MR) is 59.7 cm³/mol. The Bertz CT molecular complexity index is 281. The molecule has 0 spiro atoms. The summed E-state index contributed by atoms with van der Waals surface area (Å²) in [6.07, 6.45) is 3.07. The summed E-state index contributed by atoms with van der Waals surface area (Å²) in [5, 5.41) is 9.57. The van der Waals surface area contributed by atoms with Gasteiger partial charge in [0, 0.05) is 6.42 Å². The van der Waals surface area contributed by atoms with E-state index >= 15 is 0 Å². The Morgan fingerprint density at radius 2 is 2.38 bits per heavy atom. The molecule has 1 unspecified atom stereocenters. The molecular formula is C12H20O4. The first-order valence-electron chi connectivity index (χ1n) is 5.70. The molecule has 0 bridgehead atoms. The third-order valence-electron chi connectivity index (χ3n) is 2.36. The van der Waals surface area contributed by atoms with Crippen molar-refractivity contribution < 1.29 is 19.4 Å². The summed E-state index contributed by atoms with van der Waals surface area (Å²) in [6, 6.07) is 0. The maximum Gasteiger partial charge on any atom is 0.373 e. The first-order valence-corrected chi connectivity index (χ1v) is 5.70. The van der Waals surface area contributed by atoms with Crippen molar-refractivity contribution in [2.45, 2.75) is 51.7 Å². The van der Waals surface area contributed by atoms with Crippen LogP contribution < -0.4 is 0 Å². The first-order chi connectivity index (χ1) is 7.44. The lowest BCUT2D eigenvalue weighted by atomic mass is 9.97. The molecular weight excluding hydrogens is 208 g/mol. The van der Waals surface area contributed by atoms with E-state index in [9.17, 15) is 9.90 Å². The van der Waals surface area contributed by atoms with Gasteiger partial charge in [-0.15, -0.1) is 0 Å². The molecule has 1 heterocycles. The van der Waals surface area contributed by atoms with Crippen LogP contribution in [-0.2, 0) is 14.3 Å². The van der Waals surface area contributed by atoms with Crippen molar-refractivity contribution in [3.8, 4) is 0 Å². The molecule has 4 nitrogen and oxygen atoms in total. The van der Waals surface area contributed by atoms with E-state index in [0.717, 1.165) is 12.8 Å². The van der Waals surface area contributed by atoms with E-state index in [1.165, 1.54) is 6.08 Å². The smallest absolute Gasteiger partial charge is 0.373 e. The number of carbonyl (C=O) groups is 1. The molecule has 1 rings (SSSR count). The van der Waals surface area contributed by atoms with Gasteiger partial charge in [-0.25, -0.2) is 4.79 Å². The van der Waals surface area contributed by atoms with Crippen molar-refractivity contribution in [3.05, 3.63) is 11.8 Å². The molecule has 0 amide bonds. The topological polar surface area (TPSA) is 55.8 Å². The van der Waals surface area contributed by atoms with Crippen LogP contribution in [0.3, 0.4) is 0 Å². The number of esters is 1. The van der Waals surface area contributed by atoms with E-state index in [1.54, 1.807) is 0 Å². The Balaban J connectivity index is 2.55. The highest BCUT2D eigenvalue weighted by Gasteiger charge is 2.32. The van der Waals surface area contributed by atoms with Gasteiger partial charge in [0.15, 0.2) is 0 Å². The molecule has 0 aliphatic carbocycles. The zero-order valence-electron chi connectivity index (χ0n) is 10.2. The second-order valence-electron chi connectivity index (χ2n) is 4.65. The second-order valence-corrected chi connectivity index (χ2v) is 4.65. The molecule has 0 saturated heterocycles.